The van der Waals surface area contributed by atoms with Gasteiger partial charge in [0.05, 0.1) is 6.26 Å². The van der Waals surface area contributed by atoms with Crippen LogP contribution in [0.1, 0.15) is 25.7 Å². The van der Waals surface area contributed by atoms with Crippen LogP contribution in [0.3, 0.4) is 0 Å². The van der Waals surface area contributed by atoms with E-state index < -0.39 is 10.0 Å². The third kappa shape index (κ3) is 3.11. The molecule has 5 heteroatoms. The summed E-state index contributed by atoms with van der Waals surface area (Å²) in [5, 5.41) is 0. The number of hydrogen-bond donors (Lipinski definition) is 0. The second-order valence-electron chi connectivity index (χ2n) is 3.50. The van der Waals surface area contributed by atoms with Crippen LogP contribution in [0.15, 0.2) is 0 Å². The molecule has 0 spiro atoms. The third-order valence-corrected chi connectivity index (χ3v) is 4.02. The van der Waals surface area contributed by atoms with Crippen LogP contribution in [0.4, 0.5) is 0 Å². The van der Waals surface area contributed by atoms with Gasteiger partial charge in [0.15, 0.2) is 0 Å². The molecule has 78 valence electrons. The van der Waals surface area contributed by atoms with Crippen molar-refractivity contribution in [2.24, 2.45) is 0 Å². The zero-order valence-electron chi connectivity index (χ0n) is 7.87. The lowest BCUT2D eigenvalue weighted by atomic mass is 9.93. The molecule has 0 aromatic rings. The Morgan fingerprint density at radius 2 is 2.08 bits per heavy atom. The van der Waals surface area contributed by atoms with Gasteiger partial charge in [0.2, 0.25) is 10.0 Å². The Morgan fingerprint density at radius 1 is 1.46 bits per heavy atom. The highest BCUT2D eigenvalue weighted by molar-refractivity contribution is 7.88. The molecule has 1 rings (SSSR count). The predicted molar refractivity (Wildman–Crippen MR) is 54.5 cm³/mol. The van der Waals surface area contributed by atoms with Crippen molar-refractivity contribution >= 4 is 21.6 Å². The number of halogens is 1. The first-order chi connectivity index (χ1) is 6.05. The van der Waals surface area contributed by atoms with Crippen LogP contribution in [0, 0.1) is 0 Å². The first-order valence-corrected chi connectivity index (χ1v) is 6.97. The standard InChI is InChI=1S/C8H16ClNO2S/c1-13(11,12)10(7-3-6-9)8-4-2-5-8/h8H,2-7H2,1H3. The second kappa shape index (κ2) is 4.62. The molecule has 0 N–H and O–H groups in total. The van der Waals surface area contributed by atoms with E-state index >= 15 is 0 Å². The van der Waals surface area contributed by atoms with E-state index in [-0.39, 0.29) is 6.04 Å². The van der Waals surface area contributed by atoms with Gasteiger partial charge < -0.3 is 0 Å². The lowest BCUT2D eigenvalue weighted by Gasteiger charge is -2.35. The molecule has 3 nitrogen and oxygen atoms in total. The highest BCUT2D eigenvalue weighted by atomic mass is 35.5. The van der Waals surface area contributed by atoms with E-state index in [2.05, 4.69) is 0 Å². The van der Waals surface area contributed by atoms with Crippen molar-refractivity contribution in [3.05, 3.63) is 0 Å². The topological polar surface area (TPSA) is 37.4 Å². The first-order valence-electron chi connectivity index (χ1n) is 4.58. The van der Waals surface area contributed by atoms with E-state index in [4.69, 9.17) is 11.6 Å². The quantitative estimate of drug-likeness (QED) is 0.664. The van der Waals surface area contributed by atoms with Gasteiger partial charge in [0.1, 0.15) is 0 Å². The SMILES string of the molecule is CS(=O)(=O)N(CCCCl)C1CCC1. The van der Waals surface area contributed by atoms with Gasteiger partial charge in [-0.15, -0.1) is 11.6 Å². The van der Waals surface area contributed by atoms with Crippen molar-refractivity contribution in [1.29, 1.82) is 0 Å². The summed E-state index contributed by atoms with van der Waals surface area (Å²) in [5.74, 6) is 0.527. The summed E-state index contributed by atoms with van der Waals surface area (Å²) >= 11 is 5.54. The summed E-state index contributed by atoms with van der Waals surface area (Å²) in [6.07, 6.45) is 5.19. The molecule has 13 heavy (non-hydrogen) atoms. The maximum absolute atomic E-state index is 11.4. The lowest BCUT2D eigenvalue weighted by molar-refractivity contribution is 0.221. The molecule has 0 radical (unpaired) electrons. The summed E-state index contributed by atoms with van der Waals surface area (Å²) in [6, 6.07) is 0.248. The fourth-order valence-corrected chi connectivity index (χ4v) is 2.84. The molecule has 1 aliphatic carbocycles. The second-order valence-corrected chi connectivity index (χ2v) is 5.81. The summed E-state index contributed by atoms with van der Waals surface area (Å²) in [6.45, 7) is 0.576. The summed E-state index contributed by atoms with van der Waals surface area (Å²) in [7, 11) is -3.02. The maximum atomic E-state index is 11.4. The number of rotatable bonds is 5. The molecule has 0 unspecified atom stereocenters. The van der Waals surface area contributed by atoms with Gasteiger partial charge in [-0.3, -0.25) is 0 Å². The molecule has 0 amide bonds. The van der Waals surface area contributed by atoms with Gasteiger partial charge in [-0.05, 0) is 19.3 Å². The Bertz CT molecular complexity index is 249. The smallest absolute Gasteiger partial charge is 0.211 e. The molecular weight excluding hydrogens is 210 g/mol. The molecule has 0 bridgehead atoms. The Kier molecular flexibility index (Phi) is 4.01. The van der Waals surface area contributed by atoms with Crippen LogP contribution in [-0.2, 0) is 10.0 Å². The van der Waals surface area contributed by atoms with E-state index in [0.717, 1.165) is 25.7 Å². The van der Waals surface area contributed by atoms with E-state index in [1.165, 1.54) is 6.26 Å². The van der Waals surface area contributed by atoms with Crippen LogP contribution < -0.4 is 0 Å². The molecule has 1 aliphatic rings. The minimum absolute atomic E-state index is 0.248. The Hall–Kier alpha value is 0.200. The molecule has 0 atom stereocenters. The molecule has 1 fully saturated rings. The summed E-state index contributed by atoms with van der Waals surface area (Å²) in [4.78, 5) is 0. The predicted octanol–water partition coefficient (Wildman–Crippen LogP) is 1.43. The van der Waals surface area contributed by atoms with E-state index in [1.54, 1.807) is 4.31 Å². The Morgan fingerprint density at radius 3 is 2.38 bits per heavy atom. The van der Waals surface area contributed by atoms with Crippen molar-refractivity contribution in [3.8, 4) is 0 Å². The molecule has 0 saturated heterocycles. The van der Waals surface area contributed by atoms with Crippen molar-refractivity contribution in [2.45, 2.75) is 31.7 Å². The van der Waals surface area contributed by atoms with Gasteiger partial charge in [-0.1, -0.05) is 6.42 Å². The molecule has 0 aliphatic heterocycles. The third-order valence-electron chi connectivity index (χ3n) is 2.42. The van der Waals surface area contributed by atoms with E-state index in [9.17, 15) is 8.42 Å². The molecule has 0 aromatic carbocycles. The van der Waals surface area contributed by atoms with E-state index in [0.29, 0.717) is 12.4 Å². The minimum atomic E-state index is -3.02. The zero-order chi connectivity index (χ0) is 9.90. The highest BCUT2D eigenvalue weighted by Gasteiger charge is 2.30. The monoisotopic (exact) mass is 225 g/mol. The average Bonchev–Trinajstić information content (AvgIpc) is 1.91. The molecular formula is C8H16ClNO2S. The van der Waals surface area contributed by atoms with Crippen molar-refractivity contribution in [3.63, 3.8) is 0 Å². The van der Waals surface area contributed by atoms with E-state index in [1.807, 2.05) is 0 Å². The Labute approximate surface area is 85.1 Å². The number of nitrogens with zero attached hydrogens (tertiary/aromatic N) is 1. The van der Waals surface area contributed by atoms with Gasteiger partial charge in [-0.2, -0.15) is 4.31 Å². The number of sulfonamides is 1. The van der Waals surface area contributed by atoms with Gasteiger partial charge in [-0.25, -0.2) is 8.42 Å². The zero-order valence-corrected chi connectivity index (χ0v) is 9.44. The first kappa shape index (κ1) is 11.3. The number of alkyl halides is 1. The van der Waals surface area contributed by atoms with Crippen LogP contribution in [0.25, 0.3) is 0 Å². The summed E-state index contributed by atoms with van der Waals surface area (Å²) < 4.78 is 24.3. The molecule has 1 saturated carbocycles. The highest BCUT2D eigenvalue weighted by Crippen LogP contribution is 2.26. The molecule has 0 heterocycles. The fourth-order valence-electron chi connectivity index (χ4n) is 1.51. The fraction of sp³-hybridized carbons (Fsp3) is 1.00. The van der Waals surface area contributed by atoms with Gasteiger partial charge >= 0.3 is 0 Å². The van der Waals surface area contributed by atoms with Crippen molar-refractivity contribution in [1.82, 2.24) is 4.31 Å². The molecule has 0 aromatic heterocycles. The van der Waals surface area contributed by atoms with Crippen molar-refractivity contribution < 1.29 is 8.42 Å². The van der Waals surface area contributed by atoms with Crippen LogP contribution in [0.5, 0.6) is 0 Å². The van der Waals surface area contributed by atoms with Crippen molar-refractivity contribution in [2.75, 3.05) is 18.7 Å². The normalized spacial score (nSPS) is 19.0. The van der Waals surface area contributed by atoms with Crippen LogP contribution in [-0.4, -0.2) is 37.4 Å². The average molecular weight is 226 g/mol. The Balaban J connectivity index is 2.53. The maximum Gasteiger partial charge on any atom is 0.211 e. The van der Waals surface area contributed by atoms with Gasteiger partial charge in [0.25, 0.3) is 0 Å². The van der Waals surface area contributed by atoms with Crippen LogP contribution >= 0.6 is 11.6 Å². The van der Waals surface area contributed by atoms with Crippen LogP contribution in [0.2, 0.25) is 0 Å². The largest absolute Gasteiger partial charge is 0.212 e. The summed E-state index contributed by atoms with van der Waals surface area (Å²) in [5.41, 5.74) is 0. The minimum Gasteiger partial charge on any atom is -0.212 e. The number of hydrogen-bond acceptors (Lipinski definition) is 2. The van der Waals surface area contributed by atoms with Gasteiger partial charge in [0, 0.05) is 18.5 Å². The lowest BCUT2D eigenvalue weighted by Crippen LogP contribution is -2.44.